The van der Waals surface area contributed by atoms with Gasteiger partial charge in [-0.15, -0.1) is 0 Å². The third-order valence-corrected chi connectivity index (χ3v) is 11.0. The highest BCUT2D eigenvalue weighted by molar-refractivity contribution is 5.96. The molecule has 62 heavy (non-hydrogen) atoms. The second-order valence-electron chi connectivity index (χ2n) is 14.9. The van der Waals surface area contributed by atoms with Gasteiger partial charge in [0.1, 0.15) is 0 Å². The molecular formula is C57H37N5. The van der Waals surface area contributed by atoms with Crippen molar-refractivity contribution in [3.8, 4) is 107 Å². The van der Waals surface area contributed by atoms with Gasteiger partial charge in [-0.05, 0) is 63.7 Å². The largest absolute Gasteiger partial charge is 0.228 e. The van der Waals surface area contributed by atoms with Gasteiger partial charge in [-0.3, -0.25) is 0 Å². The van der Waals surface area contributed by atoms with E-state index in [1.54, 1.807) is 0 Å². The second-order valence-corrected chi connectivity index (χ2v) is 14.9. The molecule has 0 fully saturated rings. The summed E-state index contributed by atoms with van der Waals surface area (Å²) in [4.78, 5) is 20.7. The summed E-state index contributed by atoms with van der Waals surface area (Å²) in [6, 6.07) is 78.6. The maximum Gasteiger partial charge on any atom is 0.160 e. The molecular weight excluding hydrogens is 755 g/mol. The van der Waals surface area contributed by atoms with Gasteiger partial charge in [0.05, 0.1) is 34.4 Å². The van der Waals surface area contributed by atoms with Crippen LogP contribution in [0, 0.1) is 11.3 Å². The van der Waals surface area contributed by atoms with Crippen LogP contribution in [0.4, 0.5) is 0 Å². The SMILES string of the molecule is N#Cc1ccc(-c2cccc(-c3cc(-c4ccccc4-c4ccccc4-c4ccccc4-c4cc(-c5ccccc5)nc(-c5ccccc5)n4)nc(-c4ccccc4)n3)c2)cc1. The van der Waals surface area contributed by atoms with Gasteiger partial charge in [0.15, 0.2) is 11.6 Å². The lowest BCUT2D eigenvalue weighted by Crippen LogP contribution is -1.98. The topological polar surface area (TPSA) is 75.3 Å². The number of nitrogens with zero attached hydrogens (tertiary/aromatic N) is 5. The van der Waals surface area contributed by atoms with Gasteiger partial charge >= 0.3 is 0 Å². The van der Waals surface area contributed by atoms with Gasteiger partial charge in [0, 0.05) is 33.4 Å². The Balaban J connectivity index is 1.12. The predicted molar refractivity (Wildman–Crippen MR) is 251 cm³/mol. The van der Waals surface area contributed by atoms with E-state index in [-0.39, 0.29) is 0 Å². The normalized spacial score (nSPS) is 10.9. The van der Waals surface area contributed by atoms with Crippen molar-refractivity contribution in [3.63, 3.8) is 0 Å². The predicted octanol–water partition coefficient (Wildman–Crippen LogP) is 14.1. The first-order chi connectivity index (χ1) is 30.7. The van der Waals surface area contributed by atoms with E-state index in [2.05, 4.69) is 140 Å². The fourth-order valence-corrected chi connectivity index (χ4v) is 7.94. The average Bonchev–Trinajstić information content (AvgIpc) is 3.37. The van der Waals surface area contributed by atoms with Crippen molar-refractivity contribution in [2.24, 2.45) is 0 Å². The second kappa shape index (κ2) is 16.9. The van der Waals surface area contributed by atoms with E-state index >= 15 is 0 Å². The Morgan fingerprint density at radius 1 is 0.258 bits per heavy atom. The molecule has 0 unspecified atom stereocenters. The number of nitriles is 1. The quantitative estimate of drug-likeness (QED) is 0.145. The molecule has 5 nitrogen and oxygen atoms in total. The summed E-state index contributed by atoms with van der Waals surface area (Å²) in [6.07, 6.45) is 0. The van der Waals surface area contributed by atoms with Crippen LogP contribution >= 0.6 is 0 Å². The van der Waals surface area contributed by atoms with Crippen LogP contribution in [0.1, 0.15) is 5.56 Å². The van der Waals surface area contributed by atoms with Gasteiger partial charge in [-0.1, -0.05) is 194 Å². The molecule has 8 aromatic carbocycles. The maximum absolute atomic E-state index is 9.38. The van der Waals surface area contributed by atoms with Crippen LogP contribution in [0.25, 0.3) is 101 Å². The molecule has 0 aliphatic rings. The summed E-state index contributed by atoms with van der Waals surface area (Å²) in [6.45, 7) is 0. The molecule has 0 atom stereocenters. The fourth-order valence-electron chi connectivity index (χ4n) is 7.94. The van der Waals surface area contributed by atoms with Gasteiger partial charge in [0.2, 0.25) is 0 Å². The molecule has 0 bridgehead atoms. The Kier molecular flexibility index (Phi) is 10.3. The number of hydrogen-bond donors (Lipinski definition) is 0. The highest BCUT2D eigenvalue weighted by atomic mass is 14.9. The van der Waals surface area contributed by atoms with Gasteiger partial charge in [-0.2, -0.15) is 5.26 Å². The third-order valence-electron chi connectivity index (χ3n) is 11.0. The summed E-state index contributed by atoms with van der Waals surface area (Å²) in [7, 11) is 0. The van der Waals surface area contributed by atoms with Crippen molar-refractivity contribution < 1.29 is 0 Å². The Morgan fingerprint density at radius 3 is 1.08 bits per heavy atom. The summed E-state index contributed by atoms with van der Waals surface area (Å²) < 4.78 is 0. The number of rotatable bonds is 9. The van der Waals surface area contributed by atoms with Crippen LogP contribution in [0.3, 0.4) is 0 Å². The minimum atomic E-state index is 0.630. The van der Waals surface area contributed by atoms with E-state index in [0.29, 0.717) is 17.2 Å². The highest BCUT2D eigenvalue weighted by Gasteiger charge is 2.20. The zero-order valence-corrected chi connectivity index (χ0v) is 33.6. The maximum atomic E-state index is 9.38. The standard InChI is InChI=1S/C57H37N5/c58-38-39-31-33-40(34-32-39)44-23-16-24-45(35-44)53-37-55(62-57(60-53)43-21-8-3-9-22-43)51-30-15-13-28-49(51)47-26-11-10-25-46(47)48-27-12-14-29-50(48)54-36-52(41-17-4-1-5-18-41)59-56(61-54)42-19-6-2-7-20-42/h1-37H. The molecule has 0 aliphatic heterocycles. The summed E-state index contributed by atoms with van der Waals surface area (Å²) in [5.41, 5.74) is 16.1. The zero-order valence-electron chi connectivity index (χ0n) is 33.6. The van der Waals surface area contributed by atoms with Crippen molar-refractivity contribution in [1.82, 2.24) is 19.9 Å². The molecule has 0 N–H and O–H groups in total. The number of benzene rings is 8. The monoisotopic (exact) mass is 791 g/mol. The summed E-state index contributed by atoms with van der Waals surface area (Å²) >= 11 is 0. The van der Waals surface area contributed by atoms with Crippen LogP contribution in [-0.2, 0) is 0 Å². The zero-order chi connectivity index (χ0) is 41.7. The lowest BCUT2D eigenvalue weighted by molar-refractivity contribution is 1.18. The van der Waals surface area contributed by atoms with Crippen LogP contribution in [0.2, 0.25) is 0 Å². The molecule has 0 saturated carbocycles. The summed E-state index contributed by atoms with van der Waals surface area (Å²) in [5, 5.41) is 9.38. The van der Waals surface area contributed by atoms with Crippen molar-refractivity contribution in [1.29, 1.82) is 5.26 Å². The molecule has 0 spiro atoms. The van der Waals surface area contributed by atoms with Gasteiger partial charge in [0.25, 0.3) is 0 Å². The van der Waals surface area contributed by atoms with E-state index in [1.807, 2.05) is 91.0 Å². The first-order valence-electron chi connectivity index (χ1n) is 20.5. The first-order valence-corrected chi connectivity index (χ1v) is 20.5. The van der Waals surface area contributed by atoms with Crippen LogP contribution in [0.15, 0.2) is 224 Å². The van der Waals surface area contributed by atoms with Crippen molar-refractivity contribution in [2.75, 3.05) is 0 Å². The van der Waals surface area contributed by atoms with E-state index in [0.717, 1.165) is 89.5 Å². The van der Waals surface area contributed by atoms with Crippen LogP contribution in [0.5, 0.6) is 0 Å². The van der Waals surface area contributed by atoms with Crippen molar-refractivity contribution >= 4 is 0 Å². The van der Waals surface area contributed by atoms with E-state index in [4.69, 9.17) is 19.9 Å². The molecule has 0 aliphatic carbocycles. The van der Waals surface area contributed by atoms with E-state index < -0.39 is 0 Å². The molecule has 2 aromatic heterocycles. The lowest BCUT2D eigenvalue weighted by Gasteiger charge is -2.18. The Hall–Kier alpha value is -8.59. The van der Waals surface area contributed by atoms with Gasteiger partial charge < -0.3 is 0 Å². The fraction of sp³-hybridized carbons (Fsp3) is 0. The molecule has 2 heterocycles. The minimum Gasteiger partial charge on any atom is -0.228 e. The number of hydrogen-bond acceptors (Lipinski definition) is 5. The minimum absolute atomic E-state index is 0.630. The Labute approximate surface area is 361 Å². The molecule has 0 amide bonds. The van der Waals surface area contributed by atoms with Gasteiger partial charge in [-0.25, -0.2) is 19.9 Å². The first kappa shape index (κ1) is 37.7. The highest BCUT2D eigenvalue weighted by Crippen LogP contribution is 2.42. The molecule has 5 heteroatoms. The Morgan fingerprint density at radius 2 is 0.613 bits per heavy atom. The van der Waals surface area contributed by atoms with Crippen LogP contribution in [-0.4, -0.2) is 19.9 Å². The molecule has 0 radical (unpaired) electrons. The molecule has 0 saturated heterocycles. The van der Waals surface area contributed by atoms with E-state index in [9.17, 15) is 5.26 Å². The molecule has 290 valence electrons. The average molecular weight is 792 g/mol. The molecule has 10 aromatic rings. The smallest absolute Gasteiger partial charge is 0.160 e. The molecule has 10 rings (SSSR count). The number of aromatic nitrogens is 4. The van der Waals surface area contributed by atoms with Crippen LogP contribution < -0.4 is 0 Å². The van der Waals surface area contributed by atoms with Crippen molar-refractivity contribution in [2.45, 2.75) is 0 Å². The third kappa shape index (κ3) is 7.68. The van der Waals surface area contributed by atoms with Crippen molar-refractivity contribution in [3.05, 3.63) is 230 Å². The summed E-state index contributed by atoms with van der Waals surface area (Å²) in [5.74, 6) is 1.31. The van der Waals surface area contributed by atoms with E-state index in [1.165, 1.54) is 0 Å². The lowest BCUT2D eigenvalue weighted by atomic mass is 9.88. The Bertz CT molecular complexity index is 3170.